The van der Waals surface area contributed by atoms with Crippen LogP contribution in [0.1, 0.15) is 26.2 Å². The Morgan fingerprint density at radius 1 is 1.38 bits per heavy atom. The van der Waals surface area contributed by atoms with Crippen molar-refractivity contribution in [1.29, 1.82) is 0 Å². The summed E-state index contributed by atoms with van der Waals surface area (Å²) in [7, 11) is 0. The largest absolute Gasteiger partial charge is 0.295 e. The van der Waals surface area contributed by atoms with Crippen LogP contribution in [-0.2, 0) is 4.79 Å². The van der Waals surface area contributed by atoms with Crippen molar-refractivity contribution >= 4 is 5.78 Å². The Kier molecular flexibility index (Phi) is 2.34. The second-order valence-electron chi connectivity index (χ2n) is 4.26. The zero-order valence-corrected chi connectivity index (χ0v) is 8.07. The SMILES string of the molecule is CC(=O)/C=C/[C@@H]1C[C@@H]2C=C[C@H]1CC2. The van der Waals surface area contributed by atoms with Gasteiger partial charge in [0.2, 0.25) is 0 Å². The molecule has 0 spiro atoms. The van der Waals surface area contributed by atoms with Crippen molar-refractivity contribution in [2.75, 3.05) is 0 Å². The molecule has 0 heterocycles. The van der Waals surface area contributed by atoms with E-state index in [9.17, 15) is 4.79 Å². The van der Waals surface area contributed by atoms with Crippen LogP contribution in [0, 0.1) is 17.8 Å². The van der Waals surface area contributed by atoms with Crippen LogP contribution in [0.2, 0.25) is 0 Å². The van der Waals surface area contributed by atoms with E-state index in [0.29, 0.717) is 11.8 Å². The van der Waals surface area contributed by atoms with Gasteiger partial charge in [-0.25, -0.2) is 0 Å². The van der Waals surface area contributed by atoms with Gasteiger partial charge in [-0.3, -0.25) is 4.79 Å². The number of fused-ring (bicyclic) bond motifs is 2. The molecule has 0 unspecified atom stereocenters. The van der Waals surface area contributed by atoms with Crippen molar-refractivity contribution in [3.63, 3.8) is 0 Å². The fraction of sp³-hybridized carbons (Fsp3) is 0.583. The van der Waals surface area contributed by atoms with Crippen LogP contribution in [0.5, 0.6) is 0 Å². The smallest absolute Gasteiger partial charge is 0.152 e. The lowest BCUT2D eigenvalue weighted by Gasteiger charge is -2.36. The molecule has 3 aliphatic rings. The molecule has 3 aliphatic carbocycles. The highest BCUT2D eigenvalue weighted by molar-refractivity contribution is 5.87. The Balaban J connectivity index is 2.03. The van der Waals surface area contributed by atoms with Crippen molar-refractivity contribution in [3.8, 4) is 0 Å². The predicted molar refractivity (Wildman–Crippen MR) is 53.3 cm³/mol. The second kappa shape index (κ2) is 3.49. The van der Waals surface area contributed by atoms with E-state index in [0.717, 1.165) is 5.92 Å². The third-order valence-electron chi connectivity index (χ3n) is 3.20. The first-order chi connectivity index (χ1) is 6.25. The summed E-state index contributed by atoms with van der Waals surface area (Å²) in [5, 5.41) is 0. The first-order valence-corrected chi connectivity index (χ1v) is 5.13. The topological polar surface area (TPSA) is 17.1 Å². The van der Waals surface area contributed by atoms with Crippen molar-refractivity contribution in [1.82, 2.24) is 0 Å². The normalized spacial score (nSPS) is 37.2. The fourth-order valence-electron chi connectivity index (χ4n) is 2.46. The highest BCUT2D eigenvalue weighted by Crippen LogP contribution is 2.40. The number of ketones is 1. The van der Waals surface area contributed by atoms with Crippen LogP contribution in [0.15, 0.2) is 24.3 Å². The first-order valence-electron chi connectivity index (χ1n) is 5.13. The molecule has 0 aromatic heterocycles. The molecule has 0 aromatic rings. The molecule has 0 aliphatic heterocycles. The van der Waals surface area contributed by atoms with Gasteiger partial charge in [0, 0.05) is 0 Å². The van der Waals surface area contributed by atoms with Crippen LogP contribution in [0.4, 0.5) is 0 Å². The zero-order valence-electron chi connectivity index (χ0n) is 8.07. The molecule has 1 nitrogen and oxygen atoms in total. The maximum atomic E-state index is 10.8. The Labute approximate surface area is 79.5 Å². The van der Waals surface area contributed by atoms with Crippen LogP contribution in [0.3, 0.4) is 0 Å². The molecule has 70 valence electrons. The van der Waals surface area contributed by atoms with Crippen LogP contribution < -0.4 is 0 Å². The van der Waals surface area contributed by atoms with Crippen molar-refractivity contribution in [3.05, 3.63) is 24.3 Å². The summed E-state index contributed by atoms with van der Waals surface area (Å²) < 4.78 is 0. The summed E-state index contributed by atoms with van der Waals surface area (Å²) in [5.74, 6) is 2.30. The van der Waals surface area contributed by atoms with Crippen LogP contribution in [-0.4, -0.2) is 5.78 Å². The van der Waals surface area contributed by atoms with E-state index in [-0.39, 0.29) is 5.78 Å². The van der Waals surface area contributed by atoms with Crippen LogP contribution >= 0.6 is 0 Å². The monoisotopic (exact) mass is 176 g/mol. The molecule has 0 saturated heterocycles. The standard InChI is InChI=1S/C12H16O/c1-9(13)2-5-12-8-10-3-6-11(12)7-4-10/h2-3,5-6,10-12H,4,7-8H2,1H3/b5-2+/t10-,11+,12-/m1/s1. The Hall–Kier alpha value is -0.850. The van der Waals surface area contributed by atoms with Crippen molar-refractivity contribution < 1.29 is 4.79 Å². The number of carbonyl (C=O) groups excluding carboxylic acids is 1. The van der Waals surface area contributed by atoms with Gasteiger partial charge in [0.1, 0.15) is 0 Å². The molecule has 1 heteroatoms. The number of allylic oxidation sites excluding steroid dienone is 4. The third-order valence-corrected chi connectivity index (χ3v) is 3.20. The zero-order chi connectivity index (χ0) is 9.26. The van der Waals surface area contributed by atoms with Gasteiger partial charge in [0.25, 0.3) is 0 Å². The molecular formula is C12H16O. The van der Waals surface area contributed by atoms with Crippen molar-refractivity contribution in [2.45, 2.75) is 26.2 Å². The molecule has 3 atom stereocenters. The Morgan fingerprint density at radius 3 is 2.69 bits per heavy atom. The van der Waals surface area contributed by atoms with Gasteiger partial charge >= 0.3 is 0 Å². The summed E-state index contributed by atoms with van der Waals surface area (Å²) in [5.41, 5.74) is 0. The molecule has 0 amide bonds. The summed E-state index contributed by atoms with van der Waals surface area (Å²) in [6.07, 6.45) is 12.5. The molecule has 2 bridgehead atoms. The molecule has 0 N–H and O–H groups in total. The highest BCUT2D eigenvalue weighted by atomic mass is 16.1. The highest BCUT2D eigenvalue weighted by Gasteiger charge is 2.29. The lowest BCUT2D eigenvalue weighted by Crippen LogP contribution is -2.25. The number of hydrogen-bond acceptors (Lipinski definition) is 1. The average Bonchev–Trinajstić information content (AvgIpc) is 2.17. The van der Waals surface area contributed by atoms with Crippen molar-refractivity contribution in [2.24, 2.45) is 17.8 Å². The molecular weight excluding hydrogens is 160 g/mol. The minimum atomic E-state index is 0.172. The molecule has 3 rings (SSSR count). The minimum absolute atomic E-state index is 0.172. The maximum Gasteiger partial charge on any atom is 0.152 e. The van der Waals surface area contributed by atoms with E-state index in [1.807, 2.05) is 0 Å². The first kappa shape index (κ1) is 8.74. The number of rotatable bonds is 2. The molecule has 13 heavy (non-hydrogen) atoms. The van der Waals surface area contributed by atoms with E-state index in [4.69, 9.17) is 0 Å². The van der Waals surface area contributed by atoms with E-state index in [2.05, 4.69) is 18.2 Å². The van der Waals surface area contributed by atoms with Gasteiger partial charge in [0.15, 0.2) is 5.78 Å². The van der Waals surface area contributed by atoms with Gasteiger partial charge < -0.3 is 0 Å². The van der Waals surface area contributed by atoms with Gasteiger partial charge in [0.05, 0.1) is 0 Å². The molecule has 1 saturated carbocycles. The van der Waals surface area contributed by atoms with Gasteiger partial charge in [-0.2, -0.15) is 0 Å². The predicted octanol–water partition coefficient (Wildman–Crippen LogP) is 2.73. The quantitative estimate of drug-likeness (QED) is 0.467. The summed E-state index contributed by atoms with van der Waals surface area (Å²) in [4.78, 5) is 10.8. The summed E-state index contributed by atoms with van der Waals surface area (Å²) >= 11 is 0. The third kappa shape index (κ3) is 1.90. The van der Waals surface area contributed by atoms with E-state index >= 15 is 0 Å². The van der Waals surface area contributed by atoms with E-state index in [1.54, 1.807) is 13.0 Å². The number of carbonyl (C=O) groups is 1. The fourth-order valence-corrected chi connectivity index (χ4v) is 2.46. The summed E-state index contributed by atoms with van der Waals surface area (Å²) in [6.45, 7) is 1.62. The average molecular weight is 176 g/mol. The second-order valence-corrected chi connectivity index (χ2v) is 4.26. The lowest BCUT2D eigenvalue weighted by molar-refractivity contribution is -0.112. The summed E-state index contributed by atoms with van der Waals surface area (Å²) in [6, 6.07) is 0. The molecule has 0 aromatic carbocycles. The maximum absolute atomic E-state index is 10.8. The molecule has 0 radical (unpaired) electrons. The van der Waals surface area contributed by atoms with Gasteiger partial charge in [-0.05, 0) is 50.0 Å². The van der Waals surface area contributed by atoms with Gasteiger partial charge in [-0.1, -0.05) is 18.2 Å². The molecule has 1 fully saturated rings. The van der Waals surface area contributed by atoms with E-state index in [1.165, 1.54) is 19.3 Å². The lowest BCUT2D eigenvalue weighted by atomic mass is 9.69. The van der Waals surface area contributed by atoms with E-state index < -0.39 is 0 Å². The number of hydrogen-bond donors (Lipinski definition) is 0. The Bertz CT molecular complexity index is 262. The minimum Gasteiger partial charge on any atom is -0.295 e. The van der Waals surface area contributed by atoms with Gasteiger partial charge in [-0.15, -0.1) is 0 Å². The Morgan fingerprint density at radius 2 is 2.23 bits per heavy atom. The van der Waals surface area contributed by atoms with Crippen LogP contribution in [0.25, 0.3) is 0 Å².